The minimum absolute atomic E-state index is 0.416. The first-order valence-electron chi connectivity index (χ1n) is 7.32. The molecule has 20 heavy (non-hydrogen) atoms. The first-order valence-corrected chi connectivity index (χ1v) is 7.32. The van der Waals surface area contributed by atoms with Gasteiger partial charge in [-0.1, -0.05) is 24.0 Å². The highest BCUT2D eigenvalue weighted by molar-refractivity contribution is 5.37. The predicted molar refractivity (Wildman–Crippen MR) is 84.3 cm³/mol. The number of hydrogen-bond acceptors (Lipinski definition) is 3. The Balaban J connectivity index is 1.88. The highest BCUT2D eigenvalue weighted by Gasteiger charge is 2.20. The van der Waals surface area contributed by atoms with Gasteiger partial charge in [0, 0.05) is 25.2 Å². The monoisotopic (exact) mass is 271 g/mol. The van der Waals surface area contributed by atoms with E-state index in [2.05, 4.69) is 53.9 Å². The van der Waals surface area contributed by atoms with Crippen molar-refractivity contribution in [1.82, 2.24) is 9.80 Å². The molecule has 3 heteroatoms. The molecule has 108 valence electrons. The second-order valence-electron chi connectivity index (χ2n) is 5.82. The van der Waals surface area contributed by atoms with Crippen molar-refractivity contribution in [1.29, 1.82) is 0 Å². The molecule has 0 amide bonds. The Morgan fingerprint density at radius 2 is 2.30 bits per heavy atom. The summed E-state index contributed by atoms with van der Waals surface area (Å²) in [6.07, 6.45) is 1.32. The SMILES string of the molecule is CN1CCC(CN(C)Cc2cccc(C#CCN)c2)C1. The molecule has 0 aromatic heterocycles. The second-order valence-corrected chi connectivity index (χ2v) is 5.82. The predicted octanol–water partition coefficient (Wildman–Crippen LogP) is 1.38. The van der Waals surface area contributed by atoms with Crippen LogP contribution in [0.5, 0.6) is 0 Å². The molecule has 1 aliphatic rings. The first kappa shape index (κ1) is 15.1. The fourth-order valence-corrected chi connectivity index (χ4v) is 2.89. The van der Waals surface area contributed by atoms with Gasteiger partial charge < -0.3 is 15.5 Å². The lowest BCUT2D eigenvalue weighted by molar-refractivity contribution is 0.267. The molecule has 1 saturated heterocycles. The van der Waals surface area contributed by atoms with Crippen LogP contribution in [-0.4, -0.2) is 50.1 Å². The summed E-state index contributed by atoms with van der Waals surface area (Å²) in [6.45, 7) is 5.04. The van der Waals surface area contributed by atoms with Gasteiger partial charge in [-0.15, -0.1) is 0 Å². The summed E-state index contributed by atoms with van der Waals surface area (Å²) in [5.41, 5.74) is 7.79. The smallest absolute Gasteiger partial charge is 0.0555 e. The molecule has 2 rings (SSSR count). The molecule has 1 aromatic carbocycles. The summed E-state index contributed by atoms with van der Waals surface area (Å²) in [7, 11) is 4.41. The van der Waals surface area contributed by atoms with Crippen LogP contribution in [0.25, 0.3) is 0 Å². The summed E-state index contributed by atoms with van der Waals surface area (Å²) >= 11 is 0. The average molecular weight is 271 g/mol. The van der Waals surface area contributed by atoms with Gasteiger partial charge in [-0.2, -0.15) is 0 Å². The van der Waals surface area contributed by atoms with Crippen molar-refractivity contribution in [3.63, 3.8) is 0 Å². The summed E-state index contributed by atoms with van der Waals surface area (Å²) in [6, 6.07) is 8.45. The number of likely N-dealkylation sites (tertiary alicyclic amines) is 1. The van der Waals surface area contributed by atoms with Crippen LogP contribution in [0, 0.1) is 17.8 Å². The Kier molecular flexibility index (Phi) is 5.60. The van der Waals surface area contributed by atoms with E-state index in [4.69, 9.17) is 5.73 Å². The lowest BCUT2D eigenvalue weighted by atomic mass is 10.1. The van der Waals surface area contributed by atoms with Crippen LogP contribution in [0.4, 0.5) is 0 Å². The lowest BCUT2D eigenvalue weighted by Crippen LogP contribution is -2.27. The normalized spacial score (nSPS) is 19.1. The molecule has 1 heterocycles. The summed E-state index contributed by atoms with van der Waals surface area (Å²) < 4.78 is 0. The van der Waals surface area contributed by atoms with Crippen molar-refractivity contribution in [3.8, 4) is 11.8 Å². The molecule has 2 N–H and O–H groups in total. The number of nitrogens with zero attached hydrogens (tertiary/aromatic N) is 2. The largest absolute Gasteiger partial charge is 0.320 e. The van der Waals surface area contributed by atoms with Crippen LogP contribution in [0.2, 0.25) is 0 Å². The van der Waals surface area contributed by atoms with Crippen molar-refractivity contribution in [2.75, 3.05) is 40.3 Å². The van der Waals surface area contributed by atoms with E-state index in [-0.39, 0.29) is 0 Å². The van der Waals surface area contributed by atoms with E-state index in [9.17, 15) is 0 Å². The van der Waals surface area contributed by atoms with Crippen molar-refractivity contribution in [2.24, 2.45) is 11.7 Å². The van der Waals surface area contributed by atoms with Gasteiger partial charge in [0.15, 0.2) is 0 Å². The summed E-state index contributed by atoms with van der Waals surface area (Å²) in [5.74, 6) is 6.81. The van der Waals surface area contributed by atoms with E-state index < -0.39 is 0 Å². The fraction of sp³-hybridized carbons (Fsp3) is 0.529. The molecule has 1 unspecified atom stereocenters. The third-order valence-electron chi connectivity index (χ3n) is 3.77. The maximum atomic E-state index is 5.41. The quantitative estimate of drug-likeness (QED) is 0.840. The Hall–Kier alpha value is -1.34. The standard InChI is InChI=1S/C17H25N3/c1-19-10-8-17(13-19)14-20(2)12-16-6-3-5-15(11-16)7-4-9-18/h3,5-6,11,17H,8-10,12-14,18H2,1-2H3. The molecule has 1 atom stereocenters. The molecule has 0 saturated carbocycles. The molecule has 0 spiro atoms. The number of benzene rings is 1. The maximum absolute atomic E-state index is 5.41. The van der Waals surface area contributed by atoms with Crippen molar-refractivity contribution in [2.45, 2.75) is 13.0 Å². The number of hydrogen-bond donors (Lipinski definition) is 1. The minimum Gasteiger partial charge on any atom is -0.320 e. The highest BCUT2D eigenvalue weighted by atomic mass is 15.1. The Morgan fingerprint density at radius 1 is 1.45 bits per heavy atom. The lowest BCUT2D eigenvalue weighted by Gasteiger charge is -2.21. The van der Waals surface area contributed by atoms with Crippen molar-refractivity contribution < 1.29 is 0 Å². The van der Waals surface area contributed by atoms with Crippen LogP contribution in [-0.2, 0) is 6.54 Å². The highest BCUT2D eigenvalue weighted by Crippen LogP contribution is 2.16. The van der Waals surface area contributed by atoms with Gasteiger partial charge in [-0.25, -0.2) is 0 Å². The second kappa shape index (κ2) is 7.44. The van der Waals surface area contributed by atoms with Gasteiger partial charge >= 0.3 is 0 Å². The van der Waals surface area contributed by atoms with Gasteiger partial charge in [-0.05, 0) is 50.7 Å². The molecular weight excluding hydrogens is 246 g/mol. The molecule has 1 fully saturated rings. The van der Waals surface area contributed by atoms with Gasteiger partial charge in [0.1, 0.15) is 0 Å². The van der Waals surface area contributed by atoms with Crippen LogP contribution in [0.1, 0.15) is 17.5 Å². The zero-order valence-electron chi connectivity index (χ0n) is 12.6. The summed E-state index contributed by atoms with van der Waals surface area (Å²) in [5, 5.41) is 0. The van der Waals surface area contributed by atoms with E-state index in [1.807, 2.05) is 6.07 Å². The van der Waals surface area contributed by atoms with Gasteiger partial charge in [0.2, 0.25) is 0 Å². The number of nitrogens with two attached hydrogens (primary N) is 1. The van der Waals surface area contributed by atoms with E-state index in [0.29, 0.717) is 6.54 Å². The third kappa shape index (κ3) is 4.64. The Labute approximate surface area is 122 Å². The average Bonchev–Trinajstić information content (AvgIpc) is 2.82. The molecular formula is C17H25N3. The van der Waals surface area contributed by atoms with E-state index in [1.165, 1.54) is 31.6 Å². The Morgan fingerprint density at radius 3 is 3.00 bits per heavy atom. The molecule has 0 bridgehead atoms. The van der Waals surface area contributed by atoms with Crippen molar-refractivity contribution >= 4 is 0 Å². The van der Waals surface area contributed by atoms with E-state index >= 15 is 0 Å². The van der Waals surface area contributed by atoms with Crippen LogP contribution >= 0.6 is 0 Å². The van der Waals surface area contributed by atoms with Crippen LogP contribution in [0.3, 0.4) is 0 Å². The zero-order chi connectivity index (χ0) is 14.4. The van der Waals surface area contributed by atoms with Crippen LogP contribution < -0.4 is 5.73 Å². The zero-order valence-corrected chi connectivity index (χ0v) is 12.6. The third-order valence-corrected chi connectivity index (χ3v) is 3.77. The number of rotatable bonds is 4. The van der Waals surface area contributed by atoms with Gasteiger partial charge in [0.05, 0.1) is 6.54 Å². The topological polar surface area (TPSA) is 32.5 Å². The molecule has 0 aliphatic carbocycles. The minimum atomic E-state index is 0.416. The molecule has 1 aromatic rings. The van der Waals surface area contributed by atoms with E-state index in [1.54, 1.807) is 0 Å². The first-order chi connectivity index (χ1) is 9.67. The van der Waals surface area contributed by atoms with Gasteiger partial charge in [-0.3, -0.25) is 0 Å². The molecule has 1 aliphatic heterocycles. The maximum Gasteiger partial charge on any atom is 0.0555 e. The summed E-state index contributed by atoms with van der Waals surface area (Å²) in [4.78, 5) is 4.83. The Bertz CT molecular complexity index is 486. The van der Waals surface area contributed by atoms with Crippen LogP contribution in [0.15, 0.2) is 24.3 Å². The van der Waals surface area contributed by atoms with Crippen molar-refractivity contribution in [3.05, 3.63) is 35.4 Å². The van der Waals surface area contributed by atoms with E-state index in [0.717, 1.165) is 18.0 Å². The fourth-order valence-electron chi connectivity index (χ4n) is 2.89. The van der Waals surface area contributed by atoms with Gasteiger partial charge in [0.25, 0.3) is 0 Å². The molecule has 0 radical (unpaired) electrons. The molecule has 3 nitrogen and oxygen atoms in total.